The van der Waals surface area contributed by atoms with Crippen LogP contribution in [0.4, 0.5) is 0 Å². The first kappa shape index (κ1) is 17.9. The van der Waals surface area contributed by atoms with Crippen molar-refractivity contribution in [1.29, 1.82) is 0 Å². The van der Waals surface area contributed by atoms with Gasteiger partial charge in [0, 0.05) is 21.9 Å². The van der Waals surface area contributed by atoms with Crippen molar-refractivity contribution in [1.82, 2.24) is 5.32 Å². The molecular weight excluding hydrogens is 354 g/mol. The van der Waals surface area contributed by atoms with Crippen molar-refractivity contribution in [3.8, 4) is 0 Å². The van der Waals surface area contributed by atoms with Crippen LogP contribution in [0, 0.1) is 0 Å². The van der Waals surface area contributed by atoms with Gasteiger partial charge in [-0.3, -0.25) is 9.59 Å². The first-order valence-corrected chi connectivity index (χ1v) is 10.3. The number of carbonyl (C=O) groups excluding carboxylic acids is 2. The van der Waals surface area contributed by atoms with Crippen LogP contribution in [-0.2, 0) is 20.7 Å². The first-order valence-electron chi connectivity index (χ1n) is 8.50. The molecule has 1 fully saturated rings. The minimum absolute atomic E-state index is 0.0783. The van der Waals surface area contributed by atoms with Crippen LogP contribution in [0.3, 0.4) is 0 Å². The summed E-state index contributed by atoms with van der Waals surface area (Å²) in [6.45, 7) is 0. The van der Waals surface area contributed by atoms with E-state index in [1.54, 1.807) is 6.08 Å². The van der Waals surface area contributed by atoms with E-state index in [4.69, 9.17) is 4.74 Å². The zero-order chi connectivity index (χ0) is 17.5. The molecule has 0 aliphatic heterocycles. The second-order valence-electron chi connectivity index (χ2n) is 6.06. The Morgan fingerprint density at radius 3 is 2.56 bits per heavy atom. The van der Waals surface area contributed by atoms with Crippen molar-refractivity contribution in [3.63, 3.8) is 0 Å². The third kappa shape index (κ3) is 5.54. The van der Waals surface area contributed by atoms with Crippen molar-refractivity contribution in [3.05, 3.63) is 50.5 Å². The predicted molar refractivity (Wildman–Crippen MR) is 101 cm³/mol. The highest BCUT2D eigenvalue weighted by atomic mass is 32.1. The Kier molecular flexibility index (Phi) is 6.42. The number of amides is 1. The van der Waals surface area contributed by atoms with Gasteiger partial charge in [0.05, 0.1) is 6.42 Å². The van der Waals surface area contributed by atoms with Crippen LogP contribution in [0.25, 0.3) is 6.08 Å². The van der Waals surface area contributed by atoms with Gasteiger partial charge < -0.3 is 10.1 Å². The number of rotatable bonds is 6. The lowest BCUT2D eigenvalue weighted by molar-refractivity contribution is -0.142. The molecule has 0 spiro atoms. The predicted octanol–water partition coefficient (Wildman–Crippen LogP) is 4.39. The van der Waals surface area contributed by atoms with Crippen molar-refractivity contribution >= 4 is 40.6 Å². The molecule has 0 atom stereocenters. The molecule has 0 radical (unpaired) electrons. The number of nitrogens with one attached hydrogen (secondary N) is 1. The Hall–Kier alpha value is -1.92. The highest BCUT2D eigenvalue weighted by Crippen LogP contribution is 2.20. The SMILES string of the molecule is O=C(Cc1cccs1)O/C(=C\c1cccs1)C(=O)NC1CCCCC1. The van der Waals surface area contributed by atoms with E-state index >= 15 is 0 Å². The Morgan fingerprint density at radius 1 is 1.12 bits per heavy atom. The normalized spacial score (nSPS) is 15.8. The fraction of sp³-hybridized carbons (Fsp3) is 0.368. The molecule has 1 aliphatic rings. The smallest absolute Gasteiger partial charge is 0.316 e. The summed E-state index contributed by atoms with van der Waals surface area (Å²) < 4.78 is 5.42. The van der Waals surface area contributed by atoms with Crippen molar-refractivity contribution in [2.45, 2.75) is 44.6 Å². The van der Waals surface area contributed by atoms with E-state index in [0.717, 1.165) is 35.4 Å². The van der Waals surface area contributed by atoms with E-state index in [0.29, 0.717) is 0 Å². The van der Waals surface area contributed by atoms with Gasteiger partial charge in [-0.2, -0.15) is 0 Å². The minimum atomic E-state index is -0.413. The number of esters is 1. The number of hydrogen-bond acceptors (Lipinski definition) is 5. The number of thiophene rings is 2. The fourth-order valence-corrected chi connectivity index (χ4v) is 4.20. The van der Waals surface area contributed by atoms with Gasteiger partial charge in [0.15, 0.2) is 5.76 Å². The molecule has 0 aromatic carbocycles. The maximum Gasteiger partial charge on any atom is 0.316 e. The van der Waals surface area contributed by atoms with Gasteiger partial charge in [-0.25, -0.2) is 0 Å². The molecule has 0 unspecified atom stereocenters. The van der Waals surface area contributed by atoms with E-state index in [2.05, 4.69) is 5.32 Å². The molecule has 3 rings (SSSR count). The Labute approximate surface area is 155 Å². The van der Waals surface area contributed by atoms with Crippen molar-refractivity contribution in [2.24, 2.45) is 0 Å². The monoisotopic (exact) mass is 375 g/mol. The maximum atomic E-state index is 12.6. The standard InChI is InChI=1S/C19H21NO3S2/c21-18(13-16-9-5-11-25-16)23-17(12-15-8-4-10-24-15)19(22)20-14-6-2-1-3-7-14/h4-5,8-12,14H,1-3,6-7,13H2,(H,20,22)/b17-12-. The van der Waals surface area contributed by atoms with E-state index in [1.165, 1.54) is 29.1 Å². The summed E-state index contributed by atoms with van der Waals surface area (Å²) in [6.07, 6.45) is 7.29. The summed E-state index contributed by atoms with van der Waals surface area (Å²) in [4.78, 5) is 26.7. The molecule has 132 valence electrons. The average Bonchev–Trinajstić information content (AvgIpc) is 3.29. The van der Waals surface area contributed by atoms with Gasteiger partial charge in [-0.15, -0.1) is 22.7 Å². The maximum absolute atomic E-state index is 12.6. The van der Waals surface area contributed by atoms with E-state index in [9.17, 15) is 9.59 Å². The summed E-state index contributed by atoms with van der Waals surface area (Å²) >= 11 is 3.00. The summed E-state index contributed by atoms with van der Waals surface area (Å²) in [7, 11) is 0. The number of carbonyl (C=O) groups is 2. The second-order valence-corrected chi connectivity index (χ2v) is 8.07. The van der Waals surface area contributed by atoms with Gasteiger partial charge in [0.25, 0.3) is 5.91 Å². The van der Waals surface area contributed by atoms with E-state index in [1.807, 2.05) is 35.0 Å². The molecule has 6 heteroatoms. The first-order chi connectivity index (χ1) is 12.2. The largest absolute Gasteiger partial charge is 0.420 e. The molecule has 25 heavy (non-hydrogen) atoms. The third-order valence-electron chi connectivity index (χ3n) is 4.10. The molecule has 1 N–H and O–H groups in total. The minimum Gasteiger partial charge on any atom is -0.420 e. The highest BCUT2D eigenvalue weighted by Gasteiger charge is 2.21. The van der Waals surface area contributed by atoms with Crippen LogP contribution in [-0.4, -0.2) is 17.9 Å². The molecule has 2 aromatic rings. The van der Waals surface area contributed by atoms with Crippen LogP contribution < -0.4 is 5.32 Å². The van der Waals surface area contributed by atoms with Crippen LogP contribution in [0.1, 0.15) is 41.9 Å². The Bertz CT molecular complexity index is 714. The molecule has 2 aromatic heterocycles. The number of hydrogen-bond donors (Lipinski definition) is 1. The fourth-order valence-electron chi connectivity index (χ4n) is 2.86. The molecule has 1 aliphatic carbocycles. The molecule has 2 heterocycles. The van der Waals surface area contributed by atoms with E-state index < -0.39 is 5.97 Å². The third-order valence-corrected chi connectivity index (χ3v) is 5.80. The lowest BCUT2D eigenvalue weighted by atomic mass is 9.95. The lowest BCUT2D eigenvalue weighted by Crippen LogP contribution is -2.37. The van der Waals surface area contributed by atoms with Gasteiger partial charge in [-0.05, 0) is 35.7 Å². The molecule has 0 saturated heterocycles. The van der Waals surface area contributed by atoms with Crippen molar-refractivity contribution in [2.75, 3.05) is 0 Å². The topological polar surface area (TPSA) is 55.4 Å². The van der Waals surface area contributed by atoms with Gasteiger partial charge in [0.2, 0.25) is 0 Å². The average molecular weight is 376 g/mol. The van der Waals surface area contributed by atoms with Crippen LogP contribution >= 0.6 is 22.7 Å². The zero-order valence-corrected chi connectivity index (χ0v) is 15.5. The van der Waals surface area contributed by atoms with Crippen LogP contribution in [0.5, 0.6) is 0 Å². The second kappa shape index (κ2) is 8.97. The molecule has 1 saturated carbocycles. The quantitative estimate of drug-likeness (QED) is 0.463. The Balaban J connectivity index is 1.68. The highest BCUT2D eigenvalue weighted by molar-refractivity contribution is 7.10. The van der Waals surface area contributed by atoms with Gasteiger partial charge in [0.1, 0.15) is 0 Å². The Morgan fingerprint density at radius 2 is 1.88 bits per heavy atom. The van der Waals surface area contributed by atoms with Crippen LogP contribution in [0.15, 0.2) is 40.8 Å². The van der Waals surface area contributed by atoms with Gasteiger partial charge in [-0.1, -0.05) is 31.4 Å². The summed E-state index contributed by atoms with van der Waals surface area (Å²) in [5.74, 6) is -0.640. The molecule has 4 nitrogen and oxygen atoms in total. The van der Waals surface area contributed by atoms with Crippen molar-refractivity contribution < 1.29 is 14.3 Å². The summed E-state index contributed by atoms with van der Waals surface area (Å²) in [5.41, 5.74) is 0. The molecule has 1 amide bonds. The molecular formula is C19H21NO3S2. The zero-order valence-electron chi connectivity index (χ0n) is 13.9. The molecule has 0 bridgehead atoms. The lowest BCUT2D eigenvalue weighted by Gasteiger charge is -2.23. The summed E-state index contributed by atoms with van der Waals surface area (Å²) in [5, 5.41) is 6.86. The van der Waals surface area contributed by atoms with Gasteiger partial charge >= 0.3 is 5.97 Å². The van der Waals surface area contributed by atoms with Crippen LogP contribution in [0.2, 0.25) is 0 Å². The van der Waals surface area contributed by atoms with E-state index in [-0.39, 0.29) is 24.1 Å². The summed E-state index contributed by atoms with van der Waals surface area (Å²) in [6, 6.07) is 7.75. The number of ether oxygens (including phenoxy) is 1.